The van der Waals surface area contributed by atoms with Crippen molar-refractivity contribution in [2.75, 3.05) is 19.7 Å². The van der Waals surface area contributed by atoms with Crippen LogP contribution >= 0.6 is 0 Å². The number of carbonyl (C=O) groups is 1. The summed E-state index contributed by atoms with van der Waals surface area (Å²) in [5, 5.41) is 0. The molecular weight excluding hydrogens is 335 g/mol. The largest absolute Gasteiger partial charge is 0.493 e. The van der Waals surface area contributed by atoms with Gasteiger partial charge < -0.3 is 14.6 Å². The third-order valence-electron chi connectivity index (χ3n) is 4.68. The molecule has 1 saturated heterocycles. The molecule has 2 heterocycles. The molecule has 0 unspecified atom stereocenters. The zero-order valence-electron chi connectivity index (χ0n) is 15.0. The summed E-state index contributed by atoms with van der Waals surface area (Å²) in [6.45, 7) is 5.23. The van der Waals surface area contributed by atoms with Crippen LogP contribution in [0.15, 0.2) is 35.1 Å². The molecule has 1 amide bonds. The Kier molecular flexibility index (Phi) is 5.40. The van der Waals surface area contributed by atoms with Gasteiger partial charge in [0, 0.05) is 24.7 Å². The maximum absolute atomic E-state index is 12.9. The Hall–Kier alpha value is -2.63. The van der Waals surface area contributed by atoms with Gasteiger partial charge in [0.25, 0.3) is 11.5 Å². The Morgan fingerprint density at radius 2 is 2.04 bits per heavy atom. The molecule has 0 bridgehead atoms. The second-order valence-corrected chi connectivity index (χ2v) is 6.86. The van der Waals surface area contributed by atoms with Gasteiger partial charge >= 0.3 is 0 Å². The molecule has 0 saturated carbocycles. The summed E-state index contributed by atoms with van der Waals surface area (Å²) < 4.78 is 18.7. The van der Waals surface area contributed by atoms with E-state index in [9.17, 15) is 14.0 Å². The number of amides is 1. The molecule has 2 aromatic rings. The minimum atomic E-state index is -0.336. The second kappa shape index (κ2) is 7.72. The van der Waals surface area contributed by atoms with Crippen LogP contribution in [0, 0.1) is 25.6 Å². The summed E-state index contributed by atoms with van der Waals surface area (Å²) in [5.41, 5.74) is 1.32. The molecule has 5 nitrogen and oxygen atoms in total. The molecule has 0 spiro atoms. The molecule has 1 aliphatic heterocycles. The number of nitrogens with one attached hydrogen (secondary N) is 1. The summed E-state index contributed by atoms with van der Waals surface area (Å²) in [7, 11) is 0. The molecule has 1 aromatic heterocycles. The summed E-state index contributed by atoms with van der Waals surface area (Å²) in [6.07, 6.45) is 1.82. The van der Waals surface area contributed by atoms with E-state index < -0.39 is 0 Å². The lowest BCUT2D eigenvalue weighted by atomic mass is 9.97. The highest BCUT2D eigenvalue weighted by atomic mass is 19.1. The standard InChI is InChI=1S/C20H23FN2O3/c1-13-10-14(2)22-19(24)18(13)20(25)23-9-3-4-15(11-23)12-26-17-7-5-16(21)6-8-17/h5-8,10,15H,3-4,9,11-12H2,1-2H3,(H,22,24)/t15-/m0/s1. The smallest absolute Gasteiger partial charge is 0.261 e. The molecule has 138 valence electrons. The minimum absolute atomic E-state index is 0.183. The van der Waals surface area contributed by atoms with Crippen LogP contribution in [-0.2, 0) is 0 Å². The number of aromatic nitrogens is 1. The molecule has 1 aliphatic rings. The number of H-pyrrole nitrogens is 1. The van der Waals surface area contributed by atoms with Crippen molar-refractivity contribution in [2.24, 2.45) is 5.92 Å². The predicted octanol–water partition coefficient (Wildman–Crippen LogP) is 3.06. The van der Waals surface area contributed by atoms with E-state index in [1.807, 2.05) is 6.07 Å². The average Bonchev–Trinajstić information content (AvgIpc) is 2.60. The zero-order chi connectivity index (χ0) is 18.7. The summed E-state index contributed by atoms with van der Waals surface area (Å²) in [5.74, 6) is 0.268. The lowest BCUT2D eigenvalue weighted by molar-refractivity contribution is 0.0631. The minimum Gasteiger partial charge on any atom is -0.493 e. The van der Waals surface area contributed by atoms with Crippen LogP contribution in [0.5, 0.6) is 5.75 Å². The first-order chi connectivity index (χ1) is 12.4. The van der Waals surface area contributed by atoms with Crippen LogP contribution in [0.25, 0.3) is 0 Å². The van der Waals surface area contributed by atoms with E-state index in [2.05, 4.69) is 4.98 Å². The predicted molar refractivity (Wildman–Crippen MR) is 97.1 cm³/mol. The van der Waals surface area contributed by atoms with E-state index >= 15 is 0 Å². The first-order valence-electron chi connectivity index (χ1n) is 8.82. The number of carbonyl (C=O) groups excluding carboxylic acids is 1. The summed E-state index contributed by atoms with van der Waals surface area (Å²) in [4.78, 5) is 29.5. The van der Waals surface area contributed by atoms with E-state index in [1.165, 1.54) is 12.1 Å². The summed E-state index contributed by atoms with van der Waals surface area (Å²) >= 11 is 0. The molecule has 1 atom stereocenters. The number of aryl methyl sites for hydroxylation is 2. The number of benzene rings is 1. The van der Waals surface area contributed by atoms with Gasteiger partial charge in [0.2, 0.25) is 0 Å². The van der Waals surface area contributed by atoms with E-state index in [4.69, 9.17) is 4.74 Å². The van der Waals surface area contributed by atoms with Crippen LogP contribution in [-0.4, -0.2) is 35.5 Å². The van der Waals surface area contributed by atoms with Crippen LogP contribution < -0.4 is 10.3 Å². The van der Waals surface area contributed by atoms with E-state index in [1.54, 1.807) is 30.9 Å². The molecule has 1 fully saturated rings. The van der Waals surface area contributed by atoms with Gasteiger partial charge in [-0.2, -0.15) is 0 Å². The van der Waals surface area contributed by atoms with E-state index in [0.29, 0.717) is 31.0 Å². The number of pyridine rings is 1. The molecule has 0 radical (unpaired) electrons. The Balaban J connectivity index is 1.65. The maximum atomic E-state index is 12.9. The van der Waals surface area contributed by atoms with Crippen LogP contribution in [0.3, 0.4) is 0 Å². The SMILES string of the molecule is Cc1cc(C)c(C(=O)N2CCC[C@H](COc3ccc(F)cc3)C2)c(=O)[nH]1. The average molecular weight is 358 g/mol. The van der Waals surface area contributed by atoms with E-state index in [-0.39, 0.29) is 28.8 Å². The third kappa shape index (κ3) is 4.12. The topological polar surface area (TPSA) is 62.4 Å². The normalized spacial score (nSPS) is 17.2. The fourth-order valence-electron chi connectivity index (χ4n) is 3.41. The van der Waals surface area contributed by atoms with Gasteiger partial charge in [-0.1, -0.05) is 0 Å². The van der Waals surface area contributed by atoms with Crippen molar-refractivity contribution in [2.45, 2.75) is 26.7 Å². The van der Waals surface area contributed by atoms with Gasteiger partial charge in [0.05, 0.1) is 6.61 Å². The van der Waals surface area contributed by atoms with Crippen LogP contribution in [0.1, 0.15) is 34.5 Å². The highest BCUT2D eigenvalue weighted by molar-refractivity contribution is 5.95. The number of ether oxygens (including phenoxy) is 1. The Morgan fingerprint density at radius 1 is 1.31 bits per heavy atom. The number of rotatable bonds is 4. The number of piperidine rings is 1. The van der Waals surface area contributed by atoms with Crippen molar-refractivity contribution in [3.8, 4) is 5.75 Å². The highest BCUT2D eigenvalue weighted by Crippen LogP contribution is 2.21. The number of hydrogen-bond acceptors (Lipinski definition) is 3. The molecule has 6 heteroatoms. The van der Waals surface area contributed by atoms with Crippen LogP contribution in [0.4, 0.5) is 4.39 Å². The molecule has 0 aliphatic carbocycles. The fourth-order valence-corrected chi connectivity index (χ4v) is 3.41. The number of aromatic amines is 1. The first-order valence-corrected chi connectivity index (χ1v) is 8.82. The highest BCUT2D eigenvalue weighted by Gasteiger charge is 2.27. The quantitative estimate of drug-likeness (QED) is 0.914. The van der Waals surface area contributed by atoms with Crippen molar-refractivity contribution in [3.05, 3.63) is 63.3 Å². The first kappa shape index (κ1) is 18.2. The molecule has 3 rings (SSSR count). The van der Waals surface area contributed by atoms with Gasteiger partial charge in [-0.3, -0.25) is 9.59 Å². The van der Waals surface area contributed by atoms with Crippen molar-refractivity contribution in [3.63, 3.8) is 0 Å². The lowest BCUT2D eigenvalue weighted by Gasteiger charge is -2.32. The molecular formula is C20H23FN2O3. The molecule has 1 aromatic carbocycles. The number of nitrogens with zero attached hydrogens (tertiary/aromatic N) is 1. The molecule has 1 N–H and O–H groups in total. The van der Waals surface area contributed by atoms with Gasteiger partial charge in [-0.05, 0) is 62.6 Å². The molecule has 26 heavy (non-hydrogen) atoms. The van der Waals surface area contributed by atoms with Gasteiger partial charge in [-0.15, -0.1) is 0 Å². The number of halogens is 1. The van der Waals surface area contributed by atoms with Crippen LogP contribution in [0.2, 0.25) is 0 Å². The van der Waals surface area contributed by atoms with Crippen molar-refractivity contribution in [1.29, 1.82) is 0 Å². The van der Waals surface area contributed by atoms with Gasteiger partial charge in [0.15, 0.2) is 0 Å². The van der Waals surface area contributed by atoms with Gasteiger partial charge in [0.1, 0.15) is 17.1 Å². The third-order valence-corrected chi connectivity index (χ3v) is 4.68. The second-order valence-electron chi connectivity index (χ2n) is 6.86. The lowest BCUT2D eigenvalue weighted by Crippen LogP contribution is -2.43. The van der Waals surface area contributed by atoms with Crippen molar-refractivity contribution >= 4 is 5.91 Å². The van der Waals surface area contributed by atoms with Gasteiger partial charge in [-0.25, -0.2) is 4.39 Å². The van der Waals surface area contributed by atoms with Crippen molar-refractivity contribution in [1.82, 2.24) is 9.88 Å². The monoisotopic (exact) mass is 358 g/mol. The van der Waals surface area contributed by atoms with E-state index in [0.717, 1.165) is 18.5 Å². The Morgan fingerprint density at radius 3 is 2.73 bits per heavy atom. The maximum Gasteiger partial charge on any atom is 0.261 e. The Labute approximate surface area is 151 Å². The number of likely N-dealkylation sites (tertiary alicyclic amines) is 1. The fraction of sp³-hybridized carbons (Fsp3) is 0.400. The van der Waals surface area contributed by atoms with Crippen molar-refractivity contribution < 1.29 is 13.9 Å². The summed E-state index contributed by atoms with van der Waals surface area (Å²) in [6, 6.07) is 7.72. The number of hydrogen-bond donors (Lipinski definition) is 1. The Bertz CT molecular complexity index is 845. The zero-order valence-corrected chi connectivity index (χ0v) is 15.0.